The van der Waals surface area contributed by atoms with Crippen molar-refractivity contribution in [2.75, 3.05) is 17.3 Å². The molecule has 0 aliphatic rings. The number of ether oxygens (including phenoxy) is 1. The summed E-state index contributed by atoms with van der Waals surface area (Å²) in [6, 6.07) is 27.1. The van der Waals surface area contributed by atoms with Crippen molar-refractivity contribution in [3.05, 3.63) is 108 Å². The van der Waals surface area contributed by atoms with Gasteiger partial charge in [-0.15, -0.1) is 0 Å². The number of benzene rings is 3. The number of hydrogen-bond donors (Lipinski definition) is 2. The van der Waals surface area contributed by atoms with Crippen LogP contribution >= 0.6 is 0 Å². The number of primary amides is 1. The zero-order valence-corrected chi connectivity index (χ0v) is 17.9. The van der Waals surface area contributed by atoms with Gasteiger partial charge < -0.3 is 20.7 Å². The maximum Gasteiger partial charge on any atom is 0.257 e. The van der Waals surface area contributed by atoms with E-state index in [-0.39, 0.29) is 5.91 Å². The van der Waals surface area contributed by atoms with Crippen LogP contribution < -0.4 is 20.7 Å². The molecule has 0 radical (unpaired) electrons. The summed E-state index contributed by atoms with van der Waals surface area (Å²) in [5.74, 6) is -0.0324. The van der Waals surface area contributed by atoms with E-state index >= 15 is 0 Å². The second kappa shape index (κ2) is 9.65. The van der Waals surface area contributed by atoms with Crippen molar-refractivity contribution >= 4 is 28.9 Å². The fourth-order valence-corrected chi connectivity index (χ4v) is 3.30. The highest BCUT2D eigenvalue weighted by molar-refractivity contribution is 6.08. The summed E-state index contributed by atoms with van der Waals surface area (Å²) in [4.78, 5) is 30.5. The van der Waals surface area contributed by atoms with Crippen molar-refractivity contribution in [2.45, 2.75) is 0 Å². The first-order valence-electron chi connectivity index (χ1n) is 10.2. The number of nitrogens with zero attached hydrogens (tertiary/aromatic N) is 2. The second-order valence-corrected chi connectivity index (χ2v) is 7.25. The summed E-state index contributed by atoms with van der Waals surface area (Å²) >= 11 is 0. The third-order valence-electron chi connectivity index (χ3n) is 4.99. The Balaban J connectivity index is 1.48. The van der Waals surface area contributed by atoms with E-state index in [2.05, 4.69) is 10.3 Å². The molecule has 3 N–H and O–H groups in total. The minimum atomic E-state index is -0.537. The summed E-state index contributed by atoms with van der Waals surface area (Å²) in [7, 11) is 1.92. The van der Waals surface area contributed by atoms with Crippen LogP contribution in [-0.4, -0.2) is 23.8 Å². The quantitative estimate of drug-likeness (QED) is 0.423. The Morgan fingerprint density at radius 3 is 2.39 bits per heavy atom. The van der Waals surface area contributed by atoms with Gasteiger partial charge in [0.1, 0.15) is 5.75 Å². The van der Waals surface area contributed by atoms with E-state index in [1.54, 1.807) is 42.5 Å². The number of aromatic nitrogens is 1. The summed E-state index contributed by atoms with van der Waals surface area (Å²) < 4.78 is 5.68. The molecule has 3 aromatic carbocycles. The molecule has 4 aromatic rings. The molecule has 164 valence electrons. The molecule has 0 spiro atoms. The standard InChI is InChI=1S/C26H22N4O3/c1-30(20-9-3-2-4-10-20)23-13-6-5-12-22(23)26(32)29-19-14-15-24(28-17-19)33-21-11-7-8-18(16-21)25(27)31/h2-17H,1H3,(H2,27,31)(H,29,32). The van der Waals surface area contributed by atoms with Gasteiger partial charge in [0.2, 0.25) is 11.8 Å². The largest absolute Gasteiger partial charge is 0.439 e. The smallest absolute Gasteiger partial charge is 0.257 e. The van der Waals surface area contributed by atoms with Crippen LogP contribution in [0.4, 0.5) is 17.1 Å². The van der Waals surface area contributed by atoms with Gasteiger partial charge in [0.05, 0.1) is 23.1 Å². The Morgan fingerprint density at radius 2 is 1.67 bits per heavy atom. The Kier molecular flexibility index (Phi) is 6.31. The van der Waals surface area contributed by atoms with Crippen LogP contribution in [0.1, 0.15) is 20.7 Å². The van der Waals surface area contributed by atoms with E-state index in [9.17, 15) is 9.59 Å². The fraction of sp³-hybridized carbons (Fsp3) is 0.0385. The number of anilines is 3. The highest BCUT2D eigenvalue weighted by Gasteiger charge is 2.15. The lowest BCUT2D eigenvalue weighted by Crippen LogP contribution is -2.18. The zero-order chi connectivity index (χ0) is 23.2. The molecule has 2 amide bonds. The molecule has 0 atom stereocenters. The van der Waals surface area contributed by atoms with Crippen LogP contribution in [0.5, 0.6) is 11.6 Å². The SMILES string of the molecule is CN(c1ccccc1)c1ccccc1C(=O)Nc1ccc(Oc2cccc(C(N)=O)c2)nc1. The van der Waals surface area contributed by atoms with Crippen LogP contribution in [0.3, 0.4) is 0 Å². The van der Waals surface area contributed by atoms with Gasteiger partial charge in [-0.05, 0) is 48.5 Å². The van der Waals surface area contributed by atoms with E-state index in [0.717, 1.165) is 11.4 Å². The third-order valence-corrected chi connectivity index (χ3v) is 4.99. The normalized spacial score (nSPS) is 10.3. The molecule has 0 saturated carbocycles. The predicted molar refractivity (Wildman–Crippen MR) is 128 cm³/mol. The molecular weight excluding hydrogens is 416 g/mol. The fourth-order valence-electron chi connectivity index (χ4n) is 3.30. The zero-order valence-electron chi connectivity index (χ0n) is 17.9. The lowest BCUT2D eigenvalue weighted by atomic mass is 10.1. The Labute approximate surface area is 191 Å². The highest BCUT2D eigenvalue weighted by Crippen LogP contribution is 2.28. The predicted octanol–water partition coefficient (Wildman–Crippen LogP) is 4.99. The molecule has 0 saturated heterocycles. The van der Waals surface area contributed by atoms with Gasteiger partial charge in [-0.3, -0.25) is 9.59 Å². The maximum absolute atomic E-state index is 13.0. The topological polar surface area (TPSA) is 97.5 Å². The Morgan fingerprint density at radius 1 is 0.909 bits per heavy atom. The monoisotopic (exact) mass is 438 g/mol. The van der Waals surface area contributed by atoms with Gasteiger partial charge in [0.15, 0.2) is 0 Å². The molecular formula is C26H22N4O3. The van der Waals surface area contributed by atoms with Crippen LogP contribution in [0.25, 0.3) is 0 Å². The second-order valence-electron chi connectivity index (χ2n) is 7.25. The number of nitrogens with one attached hydrogen (secondary N) is 1. The van der Waals surface area contributed by atoms with Crippen molar-refractivity contribution in [3.8, 4) is 11.6 Å². The molecule has 1 aromatic heterocycles. The lowest BCUT2D eigenvalue weighted by molar-refractivity contribution is 0.0997. The lowest BCUT2D eigenvalue weighted by Gasteiger charge is -2.22. The Bertz CT molecular complexity index is 1270. The molecule has 7 heteroatoms. The third kappa shape index (κ3) is 5.16. The number of para-hydroxylation sites is 2. The van der Waals surface area contributed by atoms with Crippen molar-refractivity contribution in [1.82, 2.24) is 4.98 Å². The summed E-state index contributed by atoms with van der Waals surface area (Å²) in [6.07, 6.45) is 1.51. The van der Waals surface area contributed by atoms with E-state index < -0.39 is 5.91 Å². The van der Waals surface area contributed by atoms with E-state index in [1.807, 2.05) is 60.5 Å². The minimum Gasteiger partial charge on any atom is -0.439 e. The molecule has 0 bridgehead atoms. The van der Waals surface area contributed by atoms with Crippen LogP contribution in [-0.2, 0) is 0 Å². The number of pyridine rings is 1. The number of carbonyl (C=O) groups excluding carboxylic acids is 2. The van der Waals surface area contributed by atoms with Crippen molar-refractivity contribution < 1.29 is 14.3 Å². The van der Waals surface area contributed by atoms with Gasteiger partial charge in [-0.1, -0.05) is 36.4 Å². The first kappa shape index (κ1) is 21.6. The number of amides is 2. The Hall–Kier alpha value is -4.65. The van der Waals surface area contributed by atoms with E-state index in [4.69, 9.17) is 10.5 Å². The van der Waals surface area contributed by atoms with Crippen molar-refractivity contribution in [1.29, 1.82) is 0 Å². The van der Waals surface area contributed by atoms with Crippen molar-refractivity contribution in [3.63, 3.8) is 0 Å². The van der Waals surface area contributed by atoms with Gasteiger partial charge in [0.25, 0.3) is 5.91 Å². The molecule has 0 unspecified atom stereocenters. The minimum absolute atomic E-state index is 0.252. The first-order valence-corrected chi connectivity index (χ1v) is 10.2. The van der Waals surface area contributed by atoms with Crippen LogP contribution in [0.2, 0.25) is 0 Å². The molecule has 1 heterocycles. The van der Waals surface area contributed by atoms with Crippen LogP contribution in [0.15, 0.2) is 97.2 Å². The van der Waals surface area contributed by atoms with Gasteiger partial charge >= 0.3 is 0 Å². The number of carbonyl (C=O) groups is 2. The summed E-state index contributed by atoms with van der Waals surface area (Å²) in [6.45, 7) is 0. The molecule has 0 fully saturated rings. The number of hydrogen-bond acceptors (Lipinski definition) is 5. The maximum atomic E-state index is 13.0. The average Bonchev–Trinajstić information content (AvgIpc) is 2.85. The molecule has 33 heavy (non-hydrogen) atoms. The van der Waals surface area contributed by atoms with Gasteiger partial charge in [0, 0.05) is 24.4 Å². The molecule has 7 nitrogen and oxygen atoms in total. The van der Waals surface area contributed by atoms with E-state index in [0.29, 0.717) is 28.4 Å². The van der Waals surface area contributed by atoms with E-state index in [1.165, 1.54) is 6.20 Å². The number of rotatable bonds is 7. The first-order chi connectivity index (χ1) is 16.0. The molecule has 4 rings (SSSR count). The molecule has 0 aliphatic carbocycles. The highest BCUT2D eigenvalue weighted by atomic mass is 16.5. The number of nitrogens with two attached hydrogens (primary N) is 1. The summed E-state index contributed by atoms with van der Waals surface area (Å²) in [5, 5.41) is 2.88. The average molecular weight is 438 g/mol. The van der Waals surface area contributed by atoms with Gasteiger partial charge in [-0.2, -0.15) is 0 Å². The van der Waals surface area contributed by atoms with Crippen molar-refractivity contribution in [2.24, 2.45) is 5.73 Å². The van der Waals surface area contributed by atoms with Gasteiger partial charge in [-0.25, -0.2) is 4.98 Å². The molecule has 0 aliphatic heterocycles. The van der Waals surface area contributed by atoms with Crippen LogP contribution in [0, 0.1) is 0 Å². The summed E-state index contributed by atoms with van der Waals surface area (Å²) in [5.41, 5.74) is 8.45.